The van der Waals surface area contributed by atoms with Crippen molar-refractivity contribution in [1.29, 1.82) is 0 Å². The second-order valence-corrected chi connectivity index (χ2v) is 8.07. The molecule has 1 unspecified atom stereocenters. The van der Waals surface area contributed by atoms with Crippen LogP contribution in [0.5, 0.6) is 11.5 Å². The summed E-state index contributed by atoms with van der Waals surface area (Å²) < 4.78 is 6.03. The maximum absolute atomic E-state index is 12.8. The van der Waals surface area contributed by atoms with Crippen LogP contribution in [0, 0.1) is 5.92 Å². The standard InChI is InChI=1S/C20H23NO4/c1-3-7-21-8-6-19-16-12-4-5-13(22)17(16)25-18(19)14(23)9-11(2)20(19,24)15(21)10-12/h3-5,11,15,18,22,24H,1,6-10H2,2H3/t11?,15-,18+,19+,20-/m1/s1. The van der Waals surface area contributed by atoms with Crippen LogP contribution in [-0.4, -0.2) is 51.7 Å². The van der Waals surface area contributed by atoms with Crippen LogP contribution < -0.4 is 4.74 Å². The molecule has 1 saturated carbocycles. The molecule has 25 heavy (non-hydrogen) atoms. The quantitative estimate of drug-likeness (QED) is 0.799. The first-order valence-electron chi connectivity index (χ1n) is 9.07. The van der Waals surface area contributed by atoms with Crippen LogP contribution in [0.2, 0.25) is 0 Å². The zero-order chi connectivity index (χ0) is 17.6. The van der Waals surface area contributed by atoms with Crippen molar-refractivity contribution < 1.29 is 19.7 Å². The second kappa shape index (κ2) is 4.65. The van der Waals surface area contributed by atoms with Crippen LogP contribution in [0.3, 0.4) is 0 Å². The van der Waals surface area contributed by atoms with Gasteiger partial charge in [0.25, 0.3) is 0 Å². The smallest absolute Gasteiger partial charge is 0.174 e. The fourth-order valence-corrected chi connectivity index (χ4v) is 6.21. The number of ether oxygens (including phenoxy) is 1. The summed E-state index contributed by atoms with van der Waals surface area (Å²) in [6.07, 6.45) is 2.84. The number of benzene rings is 1. The SMILES string of the molecule is C=CCN1CC[C@]23c4c5ccc(O)c4O[C@H]2C(=O)CC(C)[C@@]3(O)[C@H]1C5. The fourth-order valence-electron chi connectivity index (χ4n) is 6.21. The number of aromatic hydroxyl groups is 1. The normalized spacial score (nSPS) is 41.2. The lowest BCUT2D eigenvalue weighted by Gasteiger charge is -2.64. The maximum atomic E-state index is 12.8. The Morgan fingerprint density at radius 3 is 3.00 bits per heavy atom. The molecule has 2 bridgehead atoms. The Kier molecular flexibility index (Phi) is 2.87. The number of aliphatic hydroxyl groups is 1. The summed E-state index contributed by atoms with van der Waals surface area (Å²) in [6.45, 7) is 7.34. The Morgan fingerprint density at radius 1 is 1.44 bits per heavy atom. The average molecular weight is 341 g/mol. The number of hydrogen-bond acceptors (Lipinski definition) is 5. The summed E-state index contributed by atoms with van der Waals surface area (Å²) in [4.78, 5) is 15.1. The van der Waals surface area contributed by atoms with E-state index >= 15 is 0 Å². The monoisotopic (exact) mass is 341 g/mol. The minimum atomic E-state index is -1.04. The van der Waals surface area contributed by atoms with Crippen molar-refractivity contribution in [3.63, 3.8) is 0 Å². The molecule has 2 aliphatic heterocycles. The lowest BCUT2D eigenvalue weighted by atomic mass is 9.46. The topological polar surface area (TPSA) is 70.0 Å². The lowest BCUT2D eigenvalue weighted by molar-refractivity contribution is -0.207. The number of nitrogens with zero attached hydrogens (tertiary/aromatic N) is 1. The number of piperidine rings is 1. The van der Waals surface area contributed by atoms with Crippen molar-refractivity contribution in [2.75, 3.05) is 13.1 Å². The molecule has 4 aliphatic rings. The van der Waals surface area contributed by atoms with Crippen molar-refractivity contribution in [3.8, 4) is 11.5 Å². The highest BCUT2D eigenvalue weighted by Crippen LogP contribution is 2.65. The van der Waals surface area contributed by atoms with E-state index in [1.807, 2.05) is 19.1 Å². The molecule has 0 radical (unpaired) electrons. The van der Waals surface area contributed by atoms with Crippen LogP contribution in [0.4, 0.5) is 0 Å². The predicted octanol–water partition coefficient (Wildman–Crippen LogP) is 1.55. The number of rotatable bonds is 2. The number of carbonyl (C=O) groups excluding carboxylic acids is 1. The van der Waals surface area contributed by atoms with Gasteiger partial charge in [0.1, 0.15) is 0 Å². The van der Waals surface area contributed by atoms with Gasteiger partial charge >= 0.3 is 0 Å². The van der Waals surface area contributed by atoms with E-state index in [4.69, 9.17) is 4.74 Å². The highest BCUT2D eigenvalue weighted by molar-refractivity contribution is 5.90. The third-order valence-electron chi connectivity index (χ3n) is 7.14. The zero-order valence-electron chi connectivity index (χ0n) is 14.4. The minimum absolute atomic E-state index is 0.0385. The van der Waals surface area contributed by atoms with Crippen molar-refractivity contribution in [2.24, 2.45) is 5.92 Å². The lowest BCUT2D eigenvalue weighted by Crippen LogP contribution is -2.79. The summed E-state index contributed by atoms with van der Waals surface area (Å²) in [5, 5.41) is 22.4. The third-order valence-corrected chi connectivity index (χ3v) is 7.14. The van der Waals surface area contributed by atoms with E-state index in [-0.39, 0.29) is 23.5 Å². The molecule has 1 spiro atoms. The van der Waals surface area contributed by atoms with Crippen molar-refractivity contribution in [3.05, 3.63) is 35.9 Å². The Bertz CT molecular complexity index is 805. The summed E-state index contributed by atoms with van der Waals surface area (Å²) in [5.74, 6) is 0.367. The summed E-state index contributed by atoms with van der Waals surface area (Å²) in [5.41, 5.74) is 0.181. The molecule has 5 atom stereocenters. The zero-order valence-corrected chi connectivity index (χ0v) is 14.4. The van der Waals surface area contributed by atoms with Crippen LogP contribution in [0.25, 0.3) is 0 Å². The molecule has 2 N–H and O–H groups in total. The number of hydrogen-bond donors (Lipinski definition) is 2. The first-order chi connectivity index (χ1) is 11.9. The minimum Gasteiger partial charge on any atom is -0.504 e. The van der Waals surface area contributed by atoms with Crippen LogP contribution >= 0.6 is 0 Å². The van der Waals surface area contributed by atoms with E-state index in [0.29, 0.717) is 25.0 Å². The molecule has 1 saturated heterocycles. The summed E-state index contributed by atoms with van der Waals surface area (Å²) >= 11 is 0. The molecule has 2 fully saturated rings. The van der Waals surface area contributed by atoms with Gasteiger partial charge in [0.15, 0.2) is 23.4 Å². The number of phenolic OH excluding ortho intramolecular Hbond substituents is 1. The van der Waals surface area contributed by atoms with Gasteiger partial charge in [-0.1, -0.05) is 19.1 Å². The van der Waals surface area contributed by atoms with Gasteiger partial charge in [0.2, 0.25) is 0 Å². The van der Waals surface area contributed by atoms with Crippen molar-refractivity contribution in [1.82, 2.24) is 4.90 Å². The number of ketones is 1. The first kappa shape index (κ1) is 15.4. The van der Waals surface area contributed by atoms with E-state index in [1.54, 1.807) is 6.07 Å². The maximum Gasteiger partial charge on any atom is 0.174 e. The molecule has 0 amide bonds. The molecular weight excluding hydrogens is 318 g/mol. The van der Waals surface area contributed by atoms with Gasteiger partial charge in [-0.15, -0.1) is 6.58 Å². The molecule has 2 heterocycles. The molecule has 0 aromatic heterocycles. The predicted molar refractivity (Wildman–Crippen MR) is 91.8 cm³/mol. The number of phenols is 1. The summed E-state index contributed by atoms with van der Waals surface area (Å²) in [6, 6.07) is 3.50. The fraction of sp³-hybridized carbons (Fsp3) is 0.550. The van der Waals surface area contributed by atoms with Gasteiger partial charge in [0, 0.05) is 31.1 Å². The molecular formula is C20H23NO4. The van der Waals surface area contributed by atoms with E-state index < -0.39 is 17.1 Å². The Hall–Kier alpha value is -1.85. The van der Waals surface area contributed by atoms with E-state index in [9.17, 15) is 15.0 Å². The van der Waals surface area contributed by atoms with Gasteiger partial charge in [-0.3, -0.25) is 9.69 Å². The Balaban J connectivity index is 1.82. The van der Waals surface area contributed by atoms with Gasteiger partial charge in [-0.2, -0.15) is 0 Å². The second-order valence-electron chi connectivity index (χ2n) is 8.07. The Labute approximate surface area is 146 Å². The number of Topliss-reactive ketones (excluding diaryl/α,β-unsaturated/α-hetero) is 1. The van der Waals surface area contributed by atoms with E-state index in [1.165, 1.54) is 0 Å². The van der Waals surface area contributed by atoms with Gasteiger partial charge in [0.05, 0.1) is 11.0 Å². The number of likely N-dealkylation sites (tertiary alicyclic amines) is 1. The number of carbonyl (C=O) groups is 1. The average Bonchev–Trinajstić information content (AvgIpc) is 2.93. The molecule has 2 aliphatic carbocycles. The van der Waals surface area contributed by atoms with Crippen LogP contribution in [0.15, 0.2) is 24.8 Å². The highest BCUT2D eigenvalue weighted by Gasteiger charge is 2.75. The molecule has 5 nitrogen and oxygen atoms in total. The van der Waals surface area contributed by atoms with E-state index in [0.717, 1.165) is 24.2 Å². The molecule has 5 heteroatoms. The van der Waals surface area contributed by atoms with Crippen LogP contribution in [-0.2, 0) is 16.6 Å². The molecule has 132 valence electrons. The largest absolute Gasteiger partial charge is 0.504 e. The molecule has 1 aromatic rings. The van der Waals surface area contributed by atoms with Crippen molar-refractivity contribution >= 4 is 5.78 Å². The third kappa shape index (κ3) is 1.51. The van der Waals surface area contributed by atoms with Crippen LogP contribution in [0.1, 0.15) is 30.9 Å². The highest BCUT2D eigenvalue weighted by atomic mass is 16.5. The Morgan fingerprint density at radius 2 is 2.24 bits per heavy atom. The first-order valence-corrected chi connectivity index (χ1v) is 9.07. The van der Waals surface area contributed by atoms with Gasteiger partial charge < -0.3 is 14.9 Å². The van der Waals surface area contributed by atoms with Gasteiger partial charge in [-0.25, -0.2) is 0 Å². The van der Waals surface area contributed by atoms with Gasteiger partial charge in [-0.05, 0) is 30.4 Å². The molecule has 1 aromatic carbocycles. The van der Waals surface area contributed by atoms with Crippen molar-refractivity contribution in [2.45, 2.75) is 49.3 Å². The molecule has 5 rings (SSSR count). The van der Waals surface area contributed by atoms with E-state index in [2.05, 4.69) is 11.5 Å². The summed E-state index contributed by atoms with van der Waals surface area (Å²) in [7, 11) is 0.